The van der Waals surface area contributed by atoms with Gasteiger partial charge in [-0.25, -0.2) is 4.79 Å². The van der Waals surface area contributed by atoms with Crippen molar-refractivity contribution in [3.63, 3.8) is 0 Å². The summed E-state index contributed by atoms with van der Waals surface area (Å²) in [5.41, 5.74) is 0. The first-order valence-electron chi connectivity index (χ1n) is 8.57. The van der Waals surface area contributed by atoms with Gasteiger partial charge in [-0.05, 0) is 25.2 Å². The molecule has 0 fully saturated rings. The molecular weight excluding hydrogens is 248 g/mol. The molecule has 0 aliphatic heterocycles. The van der Waals surface area contributed by atoms with Crippen molar-refractivity contribution < 1.29 is 9.53 Å². The SMILES string of the molecule is CCCCCCCC=CC(=O)OCC(CC)CCCC. The molecule has 20 heavy (non-hydrogen) atoms. The van der Waals surface area contributed by atoms with E-state index in [1.807, 2.05) is 6.08 Å². The highest BCUT2D eigenvalue weighted by atomic mass is 16.5. The predicted molar refractivity (Wildman–Crippen MR) is 86.8 cm³/mol. The number of carbonyl (C=O) groups is 1. The summed E-state index contributed by atoms with van der Waals surface area (Å²) < 4.78 is 5.31. The van der Waals surface area contributed by atoms with Crippen molar-refractivity contribution >= 4 is 5.97 Å². The van der Waals surface area contributed by atoms with Crippen LogP contribution in [-0.4, -0.2) is 12.6 Å². The van der Waals surface area contributed by atoms with Crippen molar-refractivity contribution in [3.05, 3.63) is 12.2 Å². The normalized spacial score (nSPS) is 12.8. The molecule has 0 aromatic carbocycles. The van der Waals surface area contributed by atoms with Crippen LogP contribution in [-0.2, 0) is 9.53 Å². The van der Waals surface area contributed by atoms with Crippen LogP contribution >= 0.6 is 0 Å². The molecule has 0 aliphatic carbocycles. The maximum absolute atomic E-state index is 11.6. The van der Waals surface area contributed by atoms with Crippen LogP contribution in [0, 0.1) is 5.92 Å². The standard InChI is InChI=1S/C18H34O2/c1-4-7-9-10-11-12-13-15-18(19)20-16-17(6-3)14-8-5-2/h13,15,17H,4-12,14,16H2,1-3H3. The van der Waals surface area contributed by atoms with Gasteiger partial charge in [0.2, 0.25) is 0 Å². The average Bonchev–Trinajstić information content (AvgIpc) is 2.46. The summed E-state index contributed by atoms with van der Waals surface area (Å²) in [6, 6.07) is 0. The van der Waals surface area contributed by atoms with E-state index in [0.29, 0.717) is 12.5 Å². The highest BCUT2D eigenvalue weighted by Gasteiger charge is 2.07. The van der Waals surface area contributed by atoms with Crippen LogP contribution in [0.2, 0.25) is 0 Å². The summed E-state index contributed by atoms with van der Waals surface area (Å²) in [4.78, 5) is 11.6. The van der Waals surface area contributed by atoms with Crippen molar-refractivity contribution in [2.24, 2.45) is 5.92 Å². The third-order valence-corrected chi connectivity index (χ3v) is 3.73. The van der Waals surface area contributed by atoms with Crippen molar-refractivity contribution in [3.8, 4) is 0 Å². The number of carbonyl (C=O) groups excluding carboxylic acids is 1. The van der Waals surface area contributed by atoms with Crippen LogP contribution in [0.1, 0.15) is 85.0 Å². The third-order valence-electron chi connectivity index (χ3n) is 3.73. The van der Waals surface area contributed by atoms with Gasteiger partial charge in [0.05, 0.1) is 6.61 Å². The minimum absolute atomic E-state index is 0.173. The van der Waals surface area contributed by atoms with Crippen molar-refractivity contribution in [1.29, 1.82) is 0 Å². The molecule has 0 spiro atoms. The Morgan fingerprint density at radius 3 is 2.35 bits per heavy atom. The summed E-state index contributed by atoms with van der Waals surface area (Å²) in [7, 11) is 0. The summed E-state index contributed by atoms with van der Waals surface area (Å²) in [5.74, 6) is 0.356. The van der Waals surface area contributed by atoms with E-state index in [1.165, 1.54) is 51.4 Å². The van der Waals surface area contributed by atoms with Crippen LogP contribution in [0.15, 0.2) is 12.2 Å². The molecule has 0 radical (unpaired) electrons. The van der Waals surface area contributed by atoms with Crippen molar-refractivity contribution in [2.75, 3.05) is 6.61 Å². The molecule has 0 aromatic heterocycles. The maximum Gasteiger partial charge on any atom is 0.330 e. The summed E-state index contributed by atoms with van der Waals surface area (Å²) in [6.45, 7) is 7.17. The number of hydrogen-bond donors (Lipinski definition) is 0. The molecule has 1 unspecified atom stereocenters. The number of esters is 1. The minimum Gasteiger partial charge on any atom is -0.462 e. The molecule has 0 N–H and O–H groups in total. The molecule has 2 nitrogen and oxygen atoms in total. The number of rotatable bonds is 13. The Bertz CT molecular complexity index is 246. The largest absolute Gasteiger partial charge is 0.462 e. The smallest absolute Gasteiger partial charge is 0.330 e. The van der Waals surface area contributed by atoms with E-state index in [1.54, 1.807) is 6.08 Å². The van der Waals surface area contributed by atoms with Gasteiger partial charge in [0.1, 0.15) is 0 Å². The van der Waals surface area contributed by atoms with Crippen molar-refractivity contribution in [2.45, 2.75) is 85.0 Å². The zero-order chi connectivity index (χ0) is 15.1. The first-order valence-corrected chi connectivity index (χ1v) is 8.57. The third kappa shape index (κ3) is 12.3. The number of allylic oxidation sites excluding steroid dienone is 1. The van der Waals surface area contributed by atoms with Gasteiger partial charge in [0, 0.05) is 6.08 Å². The Morgan fingerprint density at radius 1 is 1.00 bits per heavy atom. The fourth-order valence-electron chi connectivity index (χ4n) is 2.19. The van der Waals surface area contributed by atoms with Crippen LogP contribution in [0.4, 0.5) is 0 Å². The fraction of sp³-hybridized carbons (Fsp3) is 0.833. The van der Waals surface area contributed by atoms with E-state index < -0.39 is 0 Å². The molecule has 0 bridgehead atoms. The van der Waals surface area contributed by atoms with E-state index in [0.717, 1.165) is 12.8 Å². The first-order chi connectivity index (χ1) is 9.74. The van der Waals surface area contributed by atoms with E-state index >= 15 is 0 Å². The molecular formula is C18H34O2. The second-order valence-corrected chi connectivity index (χ2v) is 5.65. The lowest BCUT2D eigenvalue weighted by Gasteiger charge is -2.13. The van der Waals surface area contributed by atoms with Gasteiger partial charge in [0.15, 0.2) is 0 Å². The molecule has 0 amide bonds. The van der Waals surface area contributed by atoms with E-state index in [4.69, 9.17) is 4.74 Å². The molecule has 0 heterocycles. The monoisotopic (exact) mass is 282 g/mol. The topological polar surface area (TPSA) is 26.3 Å². The fourth-order valence-corrected chi connectivity index (χ4v) is 2.19. The van der Waals surface area contributed by atoms with Crippen LogP contribution in [0.25, 0.3) is 0 Å². The quantitative estimate of drug-likeness (QED) is 0.247. The molecule has 0 aromatic rings. The van der Waals surface area contributed by atoms with Crippen molar-refractivity contribution in [1.82, 2.24) is 0 Å². The molecule has 0 aliphatic rings. The number of ether oxygens (including phenoxy) is 1. The van der Waals surface area contributed by atoms with Gasteiger partial charge in [0.25, 0.3) is 0 Å². The van der Waals surface area contributed by atoms with Crippen LogP contribution in [0.5, 0.6) is 0 Å². The second-order valence-electron chi connectivity index (χ2n) is 5.65. The highest BCUT2D eigenvalue weighted by molar-refractivity contribution is 5.81. The van der Waals surface area contributed by atoms with E-state index in [-0.39, 0.29) is 5.97 Å². The zero-order valence-electron chi connectivity index (χ0n) is 13.8. The van der Waals surface area contributed by atoms with E-state index in [9.17, 15) is 4.79 Å². The summed E-state index contributed by atoms with van der Waals surface area (Å²) in [5, 5.41) is 0. The lowest BCUT2D eigenvalue weighted by Crippen LogP contribution is -2.12. The minimum atomic E-state index is -0.173. The first kappa shape index (κ1) is 19.2. The van der Waals surface area contributed by atoms with Crippen LogP contribution < -0.4 is 0 Å². The Hall–Kier alpha value is -0.790. The van der Waals surface area contributed by atoms with Gasteiger partial charge in [-0.15, -0.1) is 0 Å². The Labute approximate surface area is 126 Å². The molecule has 0 rings (SSSR count). The lowest BCUT2D eigenvalue weighted by atomic mass is 10.0. The van der Waals surface area contributed by atoms with Gasteiger partial charge < -0.3 is 4.74 Å². The number of unbranched alkanes of at least 4 members (excludes halogenated alkanes) is 6. The van der Waals surface area contributed by atoms with E-state index in [2.05, 4.69) is 20.8 Å². The Kier molecular flexibility index (Phi) is 14.0. The predicted octanol–water partition coefficient (Wildman–Crippen LogP) is 5.66. The van der Waals surface area contributed by atoms with Gasteiger partial charge in [-0.3, -0.25) is 0 Å². The molecule has 2 heteroatoms. The van der Waals surface area contributed by atoms with Crippen LogP contribution in [0.3, 0.4) is 0 Å². The summed E-state index contributed by atoms with van der Waals surface area (Å²) in [6.07, 6.45) is 15.6. The number of hydrogen-bond acceptors (Lipinski definition) is 2. The van der Waals surface area contributed by atoms with Gasteiger partial charge in [-0.1, -0.05) is 71.8 Å². The zero-order valence-corrected chi connectivity index (χ0v) is 13.8. The maximum atomic E-state index is 11.6. The molecule has 0 saturated heterocycles. The molecule has 0 saturated carbocycles. The Balaban J connectivity index is 3.60. The molecule has 118 valence electrons. The second kappa shape index (κ2) is 14.6. The molecule has 1 atom stereocenters. The van der Waals surface area contributed by atoms with Gasteiger partial charge in [-0.2, -0.15) is 0 Å². The lowest BCUT2D eigenvalue weighted by molar-refractivity contribution is -0.139. The summed E-state index contributed by atoms with van der Waals surface area (Å²) >= 11 is 0. The average molecular weight is 282 g/mol. The Morgan fingerprint density at radius 2 is 1.70 bits per heavy atom. The van der Waals surface area contributed by atoms with Gasteiger partial charge >= 0.3 is 5.97 Å². The highest BCUT2D eigenvalue weighted by Crippen LogP contribution is 2.13.